The molecule has 0 spiro atoms. The van der Waals surface area contributed by atoms with Crippen LogP contribution in [0.5, 0.6) is 0 Å². The third kappa shape index (κ3) is 17.9. The van der Waals surface area contributed by atoms with Crippen LogP contribution >= 0.6 is 0 Å². The van der Waals surface area contributed by atoms with Crippen LogP contribution in [0.3, 0.4) is 0 Å². The number of aliphatic hydroxyl groups excluding tert-OH is 2. The Morgan fingerprint density at radius 3 is 1.11 bits per heavy atom. The van der Waals surface area contributed by atoms with Crippen molar-refractivity contribution in [2.24, 2.45) is 0 Å². The molecule has 0 aliphatic carbocycles. The lowest BCUT2D eigenvalue weighted by Crippen LogP contribution is -2.16. The summed E-state index contributed by atoms with van der Waals surface area (Å²) in [6, 6.07) is 0. The Kier molecular flexibility index (Phi) is 17.8. The summed E-state index contributed by atoms with van der Waals surface area (Å²) in [6.07, 6.45) is 14.7. The molecule has 0 saturated heterocycles. The molecule has 19 heavy (non-hydrogen) atoms. The van der Waals surface area contributed by atoms with E-state index in [0.29, 0.717) is 13.2 Å². The molecule has 0 aromatic heterocycles. The van der Waals surface area contributed by atoms with Gasteiger partial charge in [-0.1, -0.05) is 51.4 Å². The molecule has 0 aliphatic rings. The van der Waals surface area contributed by atoms with E-state index >= 15 is 0 Å². The standard InChI is InChI=1S/C16H35NO2/c18-15-11-7-4-2-1-3-5-9-13-17-14-10-6-8-12-16-19/h17-19H,1-16H2. The summed E-state index contributed by atoms with van der Waals surface area (Å²) in [6.45, 7) is 2.98. The average molecular weight is 273 g/mol. The van der Waals surface area contributed by atoms with E-state index in [1.54, 1.807) is 0 Å². The second-order valence-electron chi connectivity index (χ2n) is 5.44. The molecule has 116 valence electrons. The largest absolute Gasteiger partial charge is 0.396 e. The van der Waals surface area contributed by atoms with Gasteiger partial charge in [0.2, 0.25) is 0 Å². The van der Waals surface area contributed by atoms with Crippen molar-refractivity contribution in [3.8, 4) is 0 Å². The summed E-state index contributed by atoms with van der Waals surface area (Å²) in [4.78, 5) is 0. The van der Waals surface area contributed by atoms with E-state index < -0.39 is 0 Å². The molecule has 0 amide bonds. The number of hydrogen-bond donors (Lipinski definition) is 3. The van der Waals surface area contributed by atoms with E-state index in [4.69, 9.17) is 10.2 Å². The lowest BCUT2D eigenvalue weighted by Gasteiger charge is -2.05. The maximum atomic E-state index is 8.65. The predicted molar refractivity (Wildman–Crippen MR) is 82.4 cm³/mol. The van der Waals surface area contributed by atoms with Gasteiger partial charge in [0.1, 0.15) is 0 Å². The second-order valence-corrected chi connectivity index (χ2v) is 5.44. The molecule has 0 aromatic carbocycles. The predicted octanol–water partition coefficient (Wildman–Crippen LogP) is 3.24. The minimum atomic E-state index is 0.341. The minimum absolute atomic E-state index is 0.341. The van der Waals surface area contributed by atoms with Crippen LogP contribution in [0.1, 0.15) is 77.0 Å². The molecule has 0 radical (unpaired) electrons. The smallest absolute Gasteiger partial charge is 0.0431 e. The van der Waals surface area contributed by atoms with E-state index in [1.807, 2.05) is 0 Å². The first-order valence-electron chi connectivity index (χ1n) is 8.34. The normalized spacial score (nSPS) is 11.1. The number of aliphatic hydroxyl groups is 2. The maximum absolute atomic E-state index is 8.65. The Morgan fingerprint density at radius 1 is 0.421 bits per heavy atom. The summed E-state index contributed by atoms with van der Waals surface area (Å²) < 4.78 is 0. The molecule has 0 aliphatic heterocycles. The van der Waals surface area contributed by atoms with E-state index in [9.17, 15) is 0 Å². The molecule has 3 heteroatoms. The highest BCUT2D eigenvalue weighted by Gasteiger charge is 1.93. The van der Waals surface area contributed by atoms with Crippen LogP contribution in [0, 0.1) is 0 Å². The van der Waals surface area contributed by atoms with Gasteiger partial charge < -0.3 is 15.5 Å². The second kappa shape index (κ2) is 17.9. The van der Waals surface area contributed by atoms with Crippen molar-refractivity contribution < 1.29 is 10.2 Å². The Bertz CT molecular complexity index is 138. The quantitative estimate of drug-likeness (QED) is 0.378. The van der Waals surface area contributed by atoms with E-state index in [-0.39, 0.29) is 0 Å². The fourth-order valence-corrected chi connectivity index (χ4v) is 2.26. The van der Waals surface area contributed by atoms with Gasteiger partial charge in [0, 0.05) is 13.2 Å². The zero-order valence-electron chi connectivity index (χ0n) is 12.7. The van der Waals surface area contributed by atoms with Gasteiger partial charge in [0.05, 0.1) is 0 Å². The Morgan fingerprint density at radius 2 is 0.737 bits per heavy atom. The molecule has 3 nitrogen and oxygen atoms in total. The van der Waals surface area contributed by atoms with Crippen molar-refractivity contribution in [1.82, 2.24) is 5.32 Å². The van der Waals surface area contributed by atoms with Gasteiger partial charge in [-0.25, -0.2) is 0 Å². The van der Waals surface area contributed by atoms with Gasteiger partial charge in [0.25, 0.3) is 0 Å². The Balaban J connectivity index is 2.88. The van der Waals surface area contributed by atoms with Crippen LogP contribution in [-0.2, 0) is 0 Å². The Labute approximate surface area is 119 Å². The highest BCUT2D eigenvalue weighted by atomic mass is 16.3. The van der Waals surface area contributed by atoms with Crippen molar-refractivity contribution in [3.63, 3.8) is 0 Å². The summed E-state index contributed by atoms with van der Waals surface area (Å²) in [5.74, 6) is 0. The molecule has 0 aromatic rings. The number of rotatable bonds is 16. The first-order chi connectivity index (χ1) is 9.41. The van der Waals surface area contributed by atoms with Gasteiger partial charge in [0.15, 0.2) is 0 Å². The molecule has 3 N–H and O–H groups in total. The SMILES string of the molecule is OCCCCCCCCCCNCCCCCCO. The third-order valence-corrected chi connectivity index (χ3v) is 3.52. The zero-order valence-corrected chi connectivity index (χ0v) is 12.7. The summed E-state index contributed by atoms with van der Waals surface area (Å²) >= 11 is 0. The molecule has 0 bridgehead atoms. The van der Waals surface area contributed by atoms with Crippen LogP contribution in [0.25, 0.3) is 0 Å². The van der Waals surface area contributed by atoms with Crippen LogP contribution < -0.4 is 5.32 Å². The van der Waals surface area contributed by atoms with Crippen LogP contribution in [-0.4, -0.2) is 36.5 Å². The van der Waals surface area contributed by atoms with Crippen LogP contribution in [0.4, 0.5) is 0 Å². The van der Waals surface area contributed by atoms with Gasteiger partial charge in [-0.2, -0.15) is 0 Å². The minimum Gasteiger partial charge on any atom is -0.396 e. The van der Waals surface area contributed by atoms with Crippen LogP contribution in [0.2, 0.25) is 0 Å². The molecule has 0 rings (SSSR count). The van der Waals surface area contributed by atoms with Crippen molar-refractivity contribution in [3.05, 3.63) is 0 Å². The van der Waals surface area contributed by atoms with Crippen molar-refractivity contribution in [2.45, 2.75) is 77.0 Å². The Hall–Kier alpha value is -0.120. The molecular formula is C16H35NO2. The lowest BCUT2D eigenvalue weighted by molar-refractivity contribution is 0.282. The number of nitrogens with one attached hydrogen (secondary N) is 1. The number of unbranched alkanes of at least 4 members (excludes halogenated alkanes) is 10. The fourth-order valence-electron chi connectivity index (χ4n) is 2.26. The summed E-state index contributed by atoms with van der Waals surface area (Å²) in [5.41, 5.74) is 0. The topological polar surface area (TPSA) is 52.5 Å². The van der Waals surface area contributed by atoms with E-state index in [0.717, 1.165) is 32.4 Å². The average Bonchev–Trinajstić information content (AvgIpc) is 2.43. The third-order valence-electron chi connectivity index (χ3n) is 3.52. The lowest BCUT2D eigenvalue weighted by atomic mass is 10.1. The van der Waals surface area contributed by atoms with Gasteiger partial charge in [-0.05, 0) is 38.8 Å². The fraction of sp³-hybridized carbons (Fsp3) is 1.00. The van der Waals surface area contributed by atoms with Gasteiger partial charge >= 0.3 is 0 Å². The van der Waals surface area contributed by atoms with Crippen LogP contribution in [0.15, 0.2) is 0 Å². The monoisotopic (exact) mass is 273 g/mol. The molecule has 0 atom stereocenters. The van der Waals surface area contributed by atoms with Crippen molar-refractivity contribution in [2.75, 3.05) is 26.3 Å². The molecular weight excluding hydrogens is 238 g/mol. The molecule has 0 fully saturated rings. The maximum Gasteiger partial charge on any atom is 0.0431 e. The molecule has 0 saturated carbocycles. The zero-order chi connectivity index (χ0) is 14.0. The van der Waals surface area contributed by atoms with Gasteiger partial charge in [-0.15, -0.1) is 0 Å². The molecule has 0 heterocycles. The highest BCUT2D eigenvalue weighted by Crippen LogP contribution is 2.08. The van der Waals surface area contributed by atoms with Crippen molar-refractivity contribution in [1.29, 1.82) is 0 Å². The van der Waals surface area contributed by atoms with E-state index in [1.165, 1.54) is 57.8 Å². The molecule has 0 unspecified atom stereocenters. The highest BCUT2D eigenvalue weighted by molar-refractivity contribution is 4.51. The van der Waals surface area contributed by atoms with Crippen molar-refractivity contribution >= 4 is 0 Å². The number of hydrogen-bond acceptors (Lipinski definition) is 3. The summed E-state index contributed by atoms with van der Waals surface area (Å²) in [5, 5.41) is 20.8. The van der Waals surface area contributed by atoms with Gasteiger partial charge in [-0.3, -0.25) is 0 Å². The summed E-state index contributed by atoms with van der Waals surface area (Å²) in [7, 11) is 0. The first-order valence-corrected chi connectivity index (χ1v) is 8.34. The van der Waals surface area contributed by atoms with E-state index in [2.05, 4.69) is 5.32 Å². The first kappa shape index (κ1) is 18.9.